The molecule has 0 bridgehead atoms. The second kappa shape index (κ2) is 6.86. The van der Waals surface area contributed by atoms with E-state index in [1.807, 2.05) is 12.3 Å². The topological polar surface area (TPSA) is 43.4 Å². The molecule has 1 atom stereocenters. The number of rotatable bonds is 4. The lowest BCUT2D eigenvalue weighted by Crippen LogP contribution is -2.49. The van der Waals surface area contributed by atoms with E-state index in [-0.39, 0.29) is 5.60 Å². The summed E-state index contributed by atoms with van der Waals surface area (Å²) in [5.74, 6) is 0. The molecule has 0 radical (unpaired) electrons. The minimum absolute atomic E-state index is 0.0614. The second-order valence-electron chi connectivity index (χ2n) is 6.18. The van der Waals surface area contributed by atoms with Crippen molar-refractivity contribution < 1.29 is 9.47 Å². The summed E-state index contributed by atoms with van der Waals surface area (Å²) in [6.45, 7) is 5.59. The number of hydrogen-bond donors (Lipinski definition) is 1. The van der Waals surface area contributed by atoms with E-state index in [0.717, 1.165) is 58.5 Å². The van der Waals surface area contributed by atoms with Crippen LogP contribution in [0.3, 0.4) is 0 Å². The molecule has 2 aliphatic heterocycles. The Morgan fingerprint density at radius 3 is 3.00 bits per heavy atom. The molecule has 4 nitrogen and oxygen atoms in total. The molecule has 3 heterocycles. The van der Waals surface area contributed by atoms with E-state index in [0.29, 0.717) is 6.04 Å². The lowest BCUT2D eigenvalue weighted by molar-refractivity contribution is -0.140. The van der Waals surface area contributed by atoms with Crippen LogP contribution >= 0.6 is 0 Å². The zero-order chi connectivity index (χ0) is 14.5. The third-order valence-electron chi connectivity index (χ3n) is 4.82. The van der Waals surface area contributed by atoms with Crippen LogP contribution in [-0.2, 0) is 22.4 Å². The Balaban J connectivity index is 1.57. The van der Waals surface area contributed by atoms with E-state index in [9.17, 15) is 0 Å². The van der Waals surface area contributed by atoms with Crippen molar-refractivity contribution >= 4 is 0 Å². The molecule has 3 rings (SSSR count). The molecule has 1 aromatic rings. The van der Waals surface area contributed by atoms with Gasteiger partial charge in [-0.15, -0.1) is 0 Å². The third kappa shape index (κ3) is 3.62. The monoisotopic (exact) mass is 290 g/mol. The molecule has 4 heteroatoms. The van der Waals surface area contributed by atoms with Gasteiger partial charge in [0, 0.05) is 38.6 Å². The van der Waals surface area contributed by atoms with Crippen LogP contribution < -0.4 is 5.32 Å². The molecule has 1 unspecified atom stereocenters. The first-order valence-corrected chi connectivity index (χ1v) is 8.19. The first kappa shape index (κ1) is 14.9. The van der Waals surface area contributed by atoms with Gasteiger partial charge in [-0.05, 0) is 43.7 Å². The molecule has 1 spiro atoms. The van der Waals surface area contributed by atoms with Crippen molar-refractivity contribution in [3.63, 3.8) is 0 Å². The van der Waals surface area contributed by atoms with Gasteiger partial charge in [-0.1, -0.05) is 13.0 Å². The molecule has 116 valence electrons. The van der Waals surface area contributed by atoms with Crippen LogP contribution in [0.25, 0.3) is 0 Å². The summed E-state index contributed by atoms with van der Waals surface area (Å²) in [4.78, 5) is 4.52. The number of nitrogens with one attached hydrogen (secondary N) is 1. The highest BCUT2D eigenvalue weighted by Crippen LogP contribution is 2.34. The number of pyridine rings is 1. The van der Waals surface area contributed by atoms with Crippen LogP contribution in [0.15, 0.2) is 18.3 Å². The van der Waals surface area contributed by atoms with Gasteiger partial charge in [0.25, 0.3) is 0 Å². The molecule has 0 saturated carbocycles. The quantitative estimate of drug-likeness (QED) is 0.925. The fraction of sp³-hybridized carbons (Fsp3) is 0.706. The Labute approximate surface area is 127 Å². The van der Waals surface area contributed by atoms with Crippen LogP contribution in [0.2, 0.25) is 0 Å². The number of ether oxygens (including phenoxy) is 2. The Hall–Kier alpha value is -0.970. The van der Waals surface area contributed by atoms with E-state index >= 15 is 0 Å². The highest BCUT2D eigenvalue weighted by atomic mass is 16.5. The van der Waals surface area contributed by atoms with Crippen molar-refractivity contribution in [2.75, 3.05) is 19.8 Å². The number of aryl methyl sites for hydroxylation is 1. The molecule has 0 amide bonds. The minimum atomic E-state index is 0.0614. The van der Waals surface area contributed by atoms with Crippen LogP contribution in [0.1, 0.15) is 43.9 Å². The Morgan fingerprint density at radius 1 is 1.33 bits per heavy atom. The maximum absolute atomic E-state index is 6.10. The van der Waals surface area contributed by atoms with Crippen molar-refractivity contribution in [2.24, 2.45) is 0 Å². The zero-order valence-corrected chi connectivity index (χ0v) is 12.9. The third-order valence-corrected chi connectivity index (χ3v) is 4.82. The SMILES string of the molecule is CCc1cccnc1CNC1CCOC2(CCOCC2)C1. The zero-order valence-electron chi connectivity index (χ0n) is 12.9. The van der Waals surface area contributed by atoms with E-state index < -0.39 is 0 Å². The smallest absolute Gasteiger partial charge is 0.0741 e. The largest absolute Gasteiger partial charge is 0.381 e. The Bertz CT molecular complexity index is 452. The molecule has 2 saturated heterocycles. The van der Waals surface area contributed by atoms with Crippen molar-refractivity contribution in [2.45, 2.75) is 57.2 Å². The van der Waals surface area contributed by atoms with Gasteiger partial charge in [-0.25, -0.2) is 0 Å². The van der Waals surface area contributed by atoms with Crippen LogP contribution in [0.5, 0.6) is 0 Å². The average molecular weight is 290 g/mol. The Morgan fingerprint density at radius 2 is 2.19 bits per heavy atom. The van der Waals surface area contributed by atoms with E-state index in [4.69, 9.17) is 9.47 Å². The standard InChI is InChI=1S/C17H26N2O2/c1-2-14-4-3-8-18-16(14)13-19-15-5-9-21-17(12-15)6-10-20-11-7-17/h3-4,8,15,19H,2,5-7,9-13H2,1H3. The molecular weight excluding hydrogens is 264 g/mol. The summed E-state index contributed by atoms with van der Waals surface area (Å²) in [6, 6.07) is 4.73. The highest BCUT2D eigenvalue weighted by molar-refractivity contribution is 5.19. The van der Waals surface area contributed by atoms with Crippen molar-refractivity contribution in [3.8, 4) is 0 Å². The van der Waals surface area contributed by atoms with Crippen LogP contribution in [-0.4, -0.2) is 36.4 Å². The molecule has 1 N–H and O–H groups in total. The van der Waals surface area contributed by atoms with Gasteiger partial charge < -0.3 is 14.8 Å². The van der Waals surface area contributed by atoms with Gasteiger partial charge in [-0.2, -0.15) is 0 Å². The van der Waals surface area contributed by atoms with Crippen LogP contribution in [0, 0.1) is 0 Å². The second-order valence-corrected chi connectivity index (χ2v) is 6.18. The first-order chi connectivity index (χ1) is 10.3. The Kier molecular flexibility index (Phi) is 4.88. The maximum atomic E-state index is 6.10. The predicted molar refractivity (Wildman–Crippen MR) is 82.2 cm³/mol. The fourth-order valence-corrected chi connectivity index (χ4v) is 3.49. The van der Waals surface area contributed by atoms with Gasteiger partial charge in [0.2, 0.25) is 0 Å². The van der Waals surface area contributed by atoms with Crippen molar-refractivity contribution in [1.82, 2.24) is 10.3 Å². The first-order valence-electron chi connectivity index (χ1n) is 8.19. The summed E-state index contributed by atoms with van der Waals surface area (Å²) in [6.07, 6.45) is 7.20. The predicted octanol–water partition coefficient (Wildman–Crippen LogP) is 2.46. The number of hydrogen-bond acceptors (Lipinski definition) is 4. The van der Waals surface area contributed by atoms with Gasteiger partial charge in [0.1, 0.15) is 0 Å². The summed E-state index contributed by atoms with van der Waals surface area (Å²) in [7, 11) is 0. The number of nitrogens with zero attached hydrogens (tertiary/aromatic N) is 1. The van der Waals surface area contributed by atoms with Gasteiger partial charge in [0.15, 0.2) is 0 Å². The van der Waals surface area contributed by atoms with E-state index in [1.54, 1.807) is 0 Å². The van der Waals surface area contributed by atoms with E-state index in [1.165, 1.54) is 11.3 Å². The highest BCUT2D eigenvalue weighted by Gasteiger charge is 2.38. The van der Waals surface area contributed by atoms with Crippen LogP contribution in [0.4, 0.5) is 0 Å². The summed E-state index contributed by atoms with van der Waals surface area (Å²) in [5, 5.41) is 3.70. The molecule has 0 aromatic carbocycles. The van der Waals surface area contributed by atoms with Crippen molar-refractivity contribution in [3.05, 3.63) is 29.6 Å². The summed E-state index contributed by atoms with van der Waals surface area (Å²) in [5.41, 5.74) is 2.59. The minimum Gasteiger partial charge on any atom is -0.381 e. The lowest BCUT2D eigenvalue weighted by Gasteiger charge is -2.43. The molecular formula is C17H26N2O2. The van der Waals surface area contributed by atoms with Gasteiger partial charge in [0.05, 0.1) is 11.3 Å². The molecule has 21 heavy (non-hydrogen) atoms. The summed E-state index contributed by atoms with van der Waals surface area (Å²) >= 11 is 0. The fourth-order valence-electron chi connectivity index (χ4n) is 3.49. The molecule has 0 aliphatic carbocycles. The molecule has 2 aliphatic rings. The number of aromatic nitrogens is 1. The summed E-state index contributed by atoms with van der Waals surface area (Å²) < 4.78 is 11.6. The maximum Gasteiger partial charge on any atom is 0.0741 e. The van der Waals surface area contributed by atoms with E-state index in [2.05, 4.69) is 23.3 Å². The lowest BCUT2D eigenvalue weighted by atomic mass is 9.84. The average Bonchev–Trinajstić information content (AvgIpc) is 2.54. The van der Waals surface area contributed by atoms with Gasteiger partial charge in [-0.3, -0.25) is 4.98 Å². The molecule has 1 aromatic heterocycles. The normalized spacial score (nSPS) is 25.1. The van der Waals surface area contributed by atoms with Crippen molar-refractivity contribution in [1.29, 1.82) is 0 Å². The molecule has 2 fully saturated rings. The van der Waals surface area contributed by atoms with Gasteiger partial charge >= 0.3 is 0 Å².